The van der Waals surface area contributed by atoms with Crippen LogP contribution >= 0.6 is 23.7 Å². The number of amides is 1. The summed E-state index contributed by atoms with van der Waals surface area (Å²) in [5, 5.41) is 6.91. The summed E-state index contributed by atoms with van der Waals surface area (Å²) < 4.78 is 0. The van der Waals surface area contributed by atoms with Crippen molar-refractivity contribution in [2.75, 3.05) is 12.4 Å². The Bertz CT molecular complexity index is 352. The zero-order valence-corrected chi connectivity index (χ0v) is 11.1. The van der Waals surface area contributed by atoms with Crippen molar-refractivity contribution < 1.29 is 4.79 Å². The fraction of sp³-hybridized carbons (Fsp3) is 0.364. The molecule has 0 radical (unpaired) electrons. The van der Waals surface area contributed by atoms with Gasteiger partial charge in [0.15, 0.2) is 0 Å². The van der Waals surface area contributed by atoms with Crippen LogP contribution in [0.1, 0.15) is 23.0 Å². The summed E-state index contributed by atoms with van der Waals surface area (Å²) in [4.78, 5) is 12.4. The van der Waals surface area contributed by atoms with Crippen LogP contribution in [0, 0.1) is 0 Å². The molecule has 16 heavy (non-hydrogen) atoms. The molecule has 1 aromatic heterocycles. The molecule has 90 valence electrons. The molecule has 5 heteroatoms. The van der Waals surface area contributed by atoms with Gasteiger partial charge in [-0.1, -0.05) is 6.08 Å². The molecule has 0 saturated carbocycles. The zero-order valence-electron chi connectivity index (χ0n) is 9.45. The molecular weight excluding hydrogens is 244 g/mol. The number of thiophene rings is 1. The third-order valence-electron chi connectivity index (χ3n) is 1.97. The van der Waals surface area contributed by atoms with Crippen LogP contribution in [0.4, 0.5) is 5.00 Å². The van der Waals surface area contributed by atoms with E-state index in [0.717, 1.165) is 16.3 Å². The molecule has 1 rings (SSSR count). The van der Waals surface area contributed by atoms with Gasteiger partial charge in [-0.2, -0.15) is 0 Å². The van der Waals surface area contributed by atoms with E-state index in [9.17, 15) is 4.79 Å². The molecule has 0 saturated heterocycles. The highest BCUT2D eigenvalue weighted by atomic mass is 35.5. The van der Waals surface area contributed by atoms with E-state index >= 15 is 0 Å². The smallest absolute Gasteiger partial charge is 0.261 e. The number of carbonyl (C=O) groups excluding carboxylic acids is 1. The molecule has 3 nitrogen and oxygen atoms in total. The number of hydrogen-bond donors (Lipinski definition) is 2. The second-order valence-electron chi connectivity index (χ2n) is 3.31. The molecule has 0 aliphatic heterocycles. The zero-order chi connectivity index (χ0) is 11.3. The average molecular weight is 261 g/mol. The van der Waals surface area contributed by atoms with Crippen molar-refractivity contribution in [1.29, 1.82) is 0 Å². The Hall–Kier alpha value is -1.00. The third kappa shape index (κ3) is 4.24. The third-order valence-corrected chi connectivity index (χ3v) is 3.08. The van der Waals surface area contributed by atoms with E-state index in [2.05, 4.69) is 17.2 Å². The summed E-state index contributed by atoms with van der Waals surface area (Å²) in [6, 6.07) is 3.86. The lowest BCUT2D eigenvalue weighted by Crippen LogP contribution is -2.31. The van der Waals surface area contributed by atoms with Crippen molar-refractivity contribution in [1.82, 2.24) is 5.32 Å². The van der Waals surface area contributed by atoms with Gasteiger partial charge in [-0.3, -0.25) is 4.79 Å². The second-order valence-corrected chi connectivity index (χ2v) is 4.40. The molecule has 1 atom stereocenters. The van der Waals surface area contributed by atoms with E-state index in [1.54, 1.807) is 6.08 Å². The number of halogens is 1. The summed E-state index contributed by atoms with van der Waals surface area (Å²) in [7, 11) is 1.84. The van der Waals surface area contributed by atoms with Crippen LogP contribution in [0.5, 0.6) is 0 Å². The van der Waals surface area contributed by atoms with Crippen LogP contribution in [0.15, 0.2) is 24.8 Å². The van der Waals surface area contributed by atoms with Gasteiger partial charge in [0.25, 0.3) is 5.91 Å². The largest absolute Gasteiger partial charge is 0.380 e. The summed E-state index contributed by atoms with van der Waals surface area (Å²) in [5.41, 5.74) is 0. The quantitative estimate of drug-likeness (QED) is 0.800. The van der Waals surface area contributed by atoms with Crippen molar-refractivity contribution in [2.45, 2.75) is 19.4 Å². The fourth-order valence-corrected chi connectivity index (χ4v) is 1.96. The lowest BCUT2D eigenvalue weighted by Gasteiger charge is -2.10. The molecule has 0 spiro atoms. The minimum Gasteiger partial charge on any atom is -0.380 e. The Morgan fingerprint density at radius 2 is 2.31 bits per heavy atom. The van der Waals surface area contributed by atoms with Gasteiger partial charge in [0, 0.05) is 13.1 Å². The van der Waals surface area contributed by atoms with E-state index < -0.39 is 0 Å². The molecule has 1 unspecified atom stereocenters. The molecule has 1 amide bonds. The predicted octanol–water partition coefficient (Wildman–Crippen LogP) is 2.91. The van der Waals surface area contributed by atoms with Gasteiger partial charge in [0.1, 0.15) is 0 Å². The van der Waals surface area contributed by atoms with E-state index in [-0.39, 0.29) is 24.4 Å². The standard InChI is InChI=1S/C11H16N2OS.ClH/c1-4-5-8(2)13-11(14)9-6-7-10(12-3)15-9;/h4,6-8,12H,1,5H2,2-3H3,(H,13,14);1H. The predicted molar refractivity (Wildman–Crippen MR) is 72.9 cm³/mol. The Kier molecular flexibility index (Phi) is 6.85. The maximum absolute atomic E-state index is 11.7. The van der Waals surface area contributed by atoms with Crippen LogP contribution in [-0.4, -0.2) is 19.0 Å². The van der Waals surface area contributed by atoms with Crippen molar-refractivity contribution in [3.8, 4) is 0 Å². The molecule has 1 heterocycles. The molecule has 0 aliphatic carbocycles. The van der Waals surface area contributed by atoms with Gasteiger partial charge in [0.2, 0.25) is 0 Å². The number of nitrogens with one attached hydrogen (secondary N) is 2. The van der Waals surface area contributed by atoms with Gasteiger partial charge in [0.05, 0.1) is 9.88 Å². The highest BCUT2D eigenvalue weighted by Gasteiger charge is 2.10. The minimum absolute atomic E-state index is 0. The lowest BCUT2D eigenvalue weighted by atomic mass is 10.2. The normalized spacial score (nSPS) is 11.1. The number of carbonyl (C=O) groups is 1. The first-order chi connectivity index (χ1) is 7.17. The monoisotopic (exact) mass is 260 g/mol. The summed E-state index contributed by atoms with van der Waals surface area (Å²) in [6.07, 6.45) is 2.59. The lowest BCUT2D eigenvalue weighted by molar-refractivity contribution is 0.0944. The average Bonchev–Trinajstić information content (AvgIpc) is 2.66. The minimum atomic E-state index is -0.0177. The van der Waals surface area contributed by atoms with E-state index in [1.165, 1.54) is 11.3 Å². The number of anilines is 1. The van der Waals surface area contributed by atoms with Gasteiger partial charge in [-0.25, -0.2) is 0 Å². The first-order valence-corrected chi connectivity index (χ1v) is 5.68. The Morgan fingerprint density at radius 3 is 2.81 bits per heavy atom. The second kappa shape index (κ2) is 7.30. The highest BCUT2D eigenvalue weighted by Crippen LogP contribution is 2.20. The van der Waals surface area contributed by atoms with Crippen LogP contribution < -0.4 is 10.6 Å². The molecule has 0 bridgehead atoms. The highest BCUT2D eigenvalue weighted by molar-refractivity contribution is 7.17. The Morgan fingerprint density at radius 1 is 1.62 bits per heavy atom. The fourth-order valence-electron chi connectivity index (χ4n) is 1.20. The first kappa shape index (κ1) is 15.0. The van der Waals surface area contributed by atoms with Gasteiger partial charge >= 0.3 is 0 Å². The van der Waals surface area contributed by atoms with Crippen LogP contribution in [0.3, 0.4) is 0 Å². The van der Waals surface area contributed by atoms with E-state index in [1.807, 2.05) is 26.1 Å². The first-order valence-electron chi connectivity index (χ1n) is 4.86. The van der Waals surface area contributed by atoms with Crippen molar-refractivity contribution in [3.63, 3.8) is 0 Å². The maximum Gasteiger partial charge on any atom is 0.261 e. The molecule has 2 N–H and O–H groups in total. The van der Waals surface area contributed by atoms with Gasteiger partial charge in [-0.15, -0.1) is 30.3 Å². The molecule has 0 aromatic carbocycles. The number of rotatable bonds is 5. The Labute approximate surface area is 106 Å². The topological polar surface area (TPSA) is 41.1 Å². The van der Waals surface area contributed by atoms with Crippen molar-refractivity contribution in [3.05, 3.63) is 29.7 Å². The molecule has 0 aliphatic rings. The maximum atomic E-state index is 11.7. The van der Waals surface area contributed by atoms with E-state index in [4.69, 9.17) is 0 Å². The summed E-state index contributed by atoms with van der Waals surface area (Å²) in [6.45, 7) is 5.60. The van der Waals surface area contributed by atoms with Crippen molar-refractivity contribution in [2.24, 2.45) is 0 Å². The SMILES string of the molecule is C=CCC(C)NC(=O)c1ccc(NC)s1.Cl. The molecular formula is C11H17ClN2OS. The van der Waals surface area contributed by atoms with E-state index in [0.29, 0.717) is 0 Å². The molecule has 0 fully saturated rings. The molecule has 1 aromatic rings. The van der Waals surface area contributed by atoms with Crippen molar-refractivity contribution >= 4 is 34.7 Å². The number of hydrogen-bond acceptors (Lipinski definition) is 3. The van der Waals surface area contributed by atoms with Crippen LogP contribution in [-0.2, 0) is 0 Å². The van der Waals surface area contributed by atoms with Gasteiger partial charge in [-0.05, 0) is 25.5 Å². The van der Waals surface area contributed by atoms with Gasteiger partial charge < -0.3 is 10.6 Å². The van der Waals surface area contributed by atoms with Crippen LogP contribution in [0.25, 0.3) is 0 Å². The Balaban J connectivity index is 0.00000225. The summed E-state index contributed by atoms with van der Waals surface area (Å²) in [5.74, 6) is -0.0177. The van der Waals surface area contributed by atoms with Crippen LogP contribution in [0.2, 0.25) is 0 Å². The summed E-state index contributed by atoms with van der Waals surface area (Å²) >= 11 is 1.45.